The van der Waals surface area contributed by atoms with Crippen molar-refractivity contribution in [2.24, 2.45) is 0 Å². The van der Waals surface area contributed by atoms with E-state index in [0.717, 1.165) is 0 Å². The number of hydrogen-bond acceptors (Lipinski definition) is 2. The number of rotatable bonds is 3. The van der Waals surface area contributed by atoms with Gasteiger partial charge in [0.15, 0.2) is 0 Å². The lowest BCUT2D eigenvalue weighted by Gasteiger charge is -2.08. The molecule has 98 valence electrons. The highest BCUT2D eigenvalue weighted by Crippen LogP contribution is 2.16. The fourth-order valence-corrected chi connectivity index (χ4v) is 1.86. The second-order valence-corrected chi connectivity index (χ2v) is 4.47. The van der Waals surface area contributed by atoms with E-state index in [4.69, 9.17) is 11.6 Å². The number of halogens is 2. The van der Waals surface area contributed by atoms with Crippen LogP contribution in [0, 0.1) is 12.7 Å². The number of amides is 1. The van der Waals surface area contributed by atoms with E-state index >= 15 is 0 Å². The molecule has 1 N–H and O–H groups in total. The predicted octanol–water partition coefficient (Wildman–Crippen LogP) is 3.36. The third-order valence-electron chi connectivity index (χ3n) is 2.63. The van der Waals surface area contributed by atoms with Crippen LogP contribution in [-0.4, -0.2) is 10.9 Å². The maximum Gasteiger partial charge on any atom is 0.228 e. The van der Waals surface area contributed by atoms with Gasteiger partial charge in [-0.25, -0.2) is 9.37 Å². The Morgan fingerprint density at radius 3 is 2.74 bits per heavy atom. The number of pyridine rings is 1. The molecule has 1 aromatic heterocycles. The summed E-state index contributed by atoms with van der Waals surface area (Å²) in [5, 5.41) is 3.05. The van der Waals surface area contributed by atoms with Gasteiger partial charge in [-0.3, -0.25) is 4.79 Å². The van der Waals surface area contributed by atoms with Crippen molar-refractivity contribution in [3.05, 3.63) is 58.6 Å². The Morgan fingerprint density at radius 2 is 2.05 bits per heavy atom. The van der Waals surface area contributed by atoms with Gasteiger partial charge in [0.2, 0.25) is 5.91 Å². The SMILES string of the molecule is Cc1nc(Cl)ccc1NC(=O)Cc1ccccc1F. The minimum absolute atomic E-state index is 0.0191. The van der Waals surface area contributed by atoms with Gasteiger partial charge in [-0.2, -0.15) is 0 Å². The molecule has 0 bridgehead atoms. The average Bonchev–Trinajstić information content (AvgIpc) is 2.36. The second kappa shape index (κ2) is 5.80. The van der Waals surface area contributed by atoms with Gasteiger partial charge in [0.05, 0.1) is 17.8 Å². The van der Waals surface area contributed by atoms with Crippen molar-refractivity contribution in [1.29, 1.82) is 0 Å². The summed E-state index contributed by atoms with van der Waals surface area (Å²) in [5.74, 6) is -0.680. The smallest absolute Gasteiger partial charge is 0.228 e. The average molecular weight is 279 g/mol. The van der Waals surface area contributed by atoms with E-state index < -0.39 is 0 Å². The molecule has 0 atom stereocenters. The van der Waals surface area contributed by atoms with Crippen LogP contribution in [0.1, 0.15) is 11.3 Å². The summed E-state index contributed by atoms with van der Waals surface area (Å²) in [6.45, 7) is 1.74. The molecule has 0 saturated carbocycles. The molecule has 19 heavy (non-hydrogen) atoms. The molecule has 0 aliphatic rings. The Balaban J connectivity index is 2.08. The van der Waals surface area contributed by atoms with Crippen LogP contribution in [0.2, 0.25) is 5.15 Å². The van der Waals surface area contributed by atoms with E-state index in [-0.39, 0.29) is 18.1 Å². The summed E-state index contributed by atoms with van der Waals surface area (Å²) in [5.41, 5.74) is 1.56. The highest BCUT2D eigenvalue weighted by molar-refractivity contribution is 6.29. The summed E-state index contributed by atoms with van der Waals surface area (Å²) in [6, 6.07) is 9.46. The summed E-state index contributed by atoms with van der Waals surface area (Å²) in [4.78, 5) is 15.9. The Bertz CT molecular complexity index is 616. The van der Waals surface area contributed by atoms with Crippen LogP contribution < -0.4 is 5.32 Å². The molecule has 0 spiro atoms. The number of aryl methyl sites for hydroxylation is 1. The lowest BCUT2D eigenvalue weighted by Crippen LogP contribution is -2.16. The first-order chi connectivity index (χ1) is 9.06. The van der Waals surface area contributed by atoms with Gasteiger partial charge < -0.3 is 5.32 Å². The Labute approximate surface area is 115 Å². The van der Waals surface area contributed by atoms with Gasteiger partial charge in [0.25, 0.3) is 0 Å². The monoisotopic (exact) mass is 278 g/mol. The largest absolute Gasteiger partial charge is 0.324 e. The first-order valence-corrected chi connectivity index (χ1v) is 6.10. The topological polar surface area (TPSA) is 42.0 Å². The van der Waals surface area contributed by atoms with Gasteiger partial charge in [0, 0.05) is 0 Å². The minimum Gasteiger partial charge on any atom is -0.324 e. The first-order valence-electron chi connectivity index (χ1n) is 5.72. The molecule has 5 heteroatoms. The van der Waals surface area contributed by atoms with Gasteiger partial charge in [-0.05, 0) is 30.7 Å². The van der Waals surface area contributed by atoms with Crippen LogP contribution in [0.3, 0.4) is 0 Å². The normalized spacial score (nSPS) is 10.3. The third kappa shape index (κ3) is 3.51. The molecular weight excluding hydrogens is 267 g/mol. The van der Waals surface area contributed by atoms with Crippen molar-refractivity contribution in [2.45, 2.75) is 13.3 Å². The summed E-state index contributed by atoms with van der Waals surface area (Å²) >= 11 is 5.73. The molecule has 0 unspecified atom stereocenters. The zero-order valence-corrected chi connectivity index (χ0v) is 11.0. The van der Waals surface area contributed by atoms with Gasteiger partial charge in [-0.15, -0.1) is 0 Å². The zero-order chi connectivity index (χ0) is 13.8. The molecule has 0 fully saturated rings. The third-order valence-corrected chi connectivity index (χ3v) is 2.85. The Hall–Kier alpha value is -1.94. The molecular formula is C14H12ClFN2O. The quantitative estimate of drug-likeness (QED) is 0.875. The van der Waals surface area contributed by atoms with Crippen molar-refractivity contribution in [2.75, 3.05) is 5.32 Å². The predicted molar refractivity (Wildman–Crippen MR) is 72.7 cm³/mol. The molecule has 1 aromatic carbocycles. The number of carbonyl (C=O) groups is 1. The number of benzene rings is 1. The fraction of sp³-hybridized carbons (Fsp3) is 0.143. The lowest BCUT2D eigenvalue weighted by molar-refractivity contribution is -0.115. The standard InChI is InChI=1S/C14H12ClFN2O/c1-9-12(6-7-13(15)17-9)18-14(19)8-10-4-2-3-5-11(10)16/h2-7H,8H2,1H3,(H,18,19). The van der Waals surface area contributed by atoms with Gasteiger partial charge in [0.1, 0.15) is 11.0 Å². The highest BCUT2D eigenvalue weighted by atomic mass is 35.5. The van der Waals surface area contributed by atoms with Crippen molar-refractivity contribution in [1.82, 2.24) is 4.98 Å². The van der Waals surface area contributed by atoms with Gasteiger partial charge in [-0.1, -0.05) is 29.8 Å². The van der Waals surface area contributed by atoms with Crippen LogP contribution in [-0.2, 0) is 11.2 Å². The number of anilines is 1. The molecule has 1 heterocycles. The first kappa shape index (κ1) is 13.5. The summed E-state index contributed by atoms with van der Waals surface area (Å²) in [7, 11) is 0. The lowest BCUT2D eigenvalue weighted by atomic mass is 10.1. The van der Waals surface area contributed by atoms with Crippen molar-refractivity contribution in [3.8, 4) is 0 Å². The van der Waals surface area contributed by atoms with E-state index in [1.165, 1.54) is 6.07 Å². The van der Waals surface area contributed by atoms with Crippen molar-refractivity contribution >= 4 is 23.2 Å². The van der Waals surface area contributed by atoms with E-state index in [0.29, 0.717) is 22.1 Å². The molecule has 0 aliphatic carbocycles. The van der Waals surface area contributed by atoms with Crippen molar-refractivity contribution < 1.29 is 9.18 Å². The highest BCUT2D eigenvalue weighted by Gasteiger charge is 2.09. The Kier molecular flexibility index (Phi) is 4.12. The molecule has 0 radical (unpaired) electrons. The van der Waals surface area contributed by atoms with E-state index in [9.17, 15) is 9.18 Å². The molecule has 1 amide bonds. The molecule has 0 aliphatic heterocycles. The number of hydrogen-bond donors (Lipinski definition) is 1. The minimum atomic E-state index is -0.386. The Morgan fingerprint density at radius 1 is 1.32 bits per heavy atom. The van der Waals surface area contributed by atoms with Crippen LogP contribution in [0.4, 0.5) is 10.1 Å². The molecule has 3 nitrogen and oxygen atoms in total. The summed E-state index contributed by atoms with van der Waals surface area (Å²) in [6.07, 6.45) is -0.0191. The zero-order valence-electron chi connectivity index (χ0n) is 10.3. The van der Waals surface area contributed by atoms with Crippen molar-refractivity contribution in [3.63, 3.8) is 0 Å². The molecule has 2 aromatic rings. The van der Waals surface area contributed by atoms with E-state index in [1.807, 2.05) is 0 Å². The maximum atomic E-state index is 13.4. The molecule has 0 saturated heterocycles. The van der Waals surface area contributed by atoms with Crippen LogP contribution in [0.5, 0.6) is 0 Å². The number of nitrogens with zero attached hydrogens (tertiary/aromatic N) is 1. The van der Waals surface area contributed by atoms with Gasteiger partial charge >= 0.3 is 0 Å². The van der Waals surface area contributed by atoms with Crippen LogP contribution in [0.15, 0.2) is 36.4 Å². The van der Waals surface area contributed by atoms with Crippen LogP contribution in [0.25, 0.3) is 0 Å². The summed E-state index contributed by atoms with van der Waals surface area (Å²) < 4.78 is 13.4. The second-order valence-electron chi connectivity index (χ2n) is 4.08. The number of aromatic nitrogens is 1. The van der Waals surface area contributed by atoms with E-state index in [2.05, 4.69) is 10.3 Å². The number of nitrogens with one attached hydrogen (secondary N) is 1. The fourth-order valence-electron chi connectivity index (χ4n) is 1.67. The maximum absolute atomic E-state index is 13.4. The van der Waals surface area contributed by atoms with Crippen LogP contribution >= 0.6 is 11.6 Å². The molecule has 2 rings (SSSR count). The van der Waals surface area contributed by atoms with E-state index in [1.54, 1.807) is 37.3 Å². The number of carbonyl (C=O) groups excluding carboxylic acids is 1.